The Labute approximate surface area is 359 Å². The lowest BCUT2D eigenvalue weighted by molar-refractivity contribution is -0.163. The summed E-state index contributed by atoms with van der Waals surface area (Å²) < 4.78 is 17.2. The zero-order chi connectivity index (χ0) is 42.1. The predicted octanol–water partition coefficient (Wildman–Crippen LogP) is 16.3. The second-order valence-electron chi connectivity index (χ2n) is 16.0. The Balaban J connectivity index is 4.06. The number of rotatable bonds is 44. The van der Waals surface area contributed by atoms with Gasteiger partial charge in [-0.15, -0.1) is 0 Å². The molecule has 0 radical (unpaired) electrons. The smallest absolute Gasteiger partial charge is 0.306 e. The molecule has 5 heteroatoms. The van der Waals surface area contributed by atoms with Gasteiger partial charge in [-0.25, -0.2) is 0 Å². The van der Waals surface area contributed by atoms with Crippen LogP contribution in [-0.2, 0) is 23.8 Å². The Bertz CT molecular complexity index is 1050. The van der Waals surface area contributed by atoms with Crippen LogP contribution in [0.25, 0.3) is 0 Å². The van der Waals surface area contributed by atoms with Crippen LogP contribution in [0, 0.1) is 0 Å². The van der Waals surface area contributed by atoms with E-state index in [4.69, 9.17) is 14.2 Å². The first-order valence-electron chi connectivity index (χ1n) is 24.5. The van der Waals surface area contributed by atoms with Crippen LogP contribution in [-0.4, -0.2) is 37.9 Å². The van der Waals surface area contributed by atoms with E-state index in [0.29, 0.717) is 19.4 Å². The molecule has 0 spiro atoms. The second kappa shape index (κ2) is 48.7. The largest absolute Gasteiger partial charge is 0.462 e. The van der Waals surface area contributed by atoms with Gasteiger partial charge in [0.15, 0.2) is 6.10 Å². The van der Waals surface area contributed by atoms with Gasteiger partial charge >= 0.3 is 11.9 Å². The van der Waals surface area contributed by atoms with Gasteiger partial charge in [0.2, 0.25) is 0 Å². The summed E-state index contributed by atoms with van der Waals surface area (Å²) in [5, 5.41) is 0. The molecule has 0 saturated heterocycles. The standard InChI is InChI=1S/C53H92O5/c1-4-7-10-13-15-17-19-21-23-25-26-27-29-31-33-35-37-39-42-45-48-56-49-51(58-53(55)47-44-40-12-9-6-3)50-57-52(54)46-43-41-38-36-34-32-30-28-24-22-20-18-16-14-11-8-5-2/h8,11,15-18,21-24,30,32,51H,4-7,9-10,12-14,19-20,25-29,31,33-50H2,1-3H3/b11-8-,17-15-,18-16-,23-21-,24-22-,32-30-. The first-order valence-corrected chi connectivity index (χ1v) is 24.5. The summed E-state index contributed by atoms with van der Waals surface area (Å²) in [6.07, 6.45) is 62.2. The van der Waals surface area contributed by atoms with Crippen molar-refractivity contribution in [2.24, 2.45) is 0 Å². The molecule has 0 aliphatic carbocycles. The van der Waals surface area contributed by atoms with Crippen molar-refractivity contribution in [3.8, 4) is 0 Å². The van der Waals surface area contributed by atoms with E-state index < -0.39 is 6.10 Å². The van der Waals surface area contributed by atoms with Crippen LogP contribution in [0.15, 0.2) is 72.9 Å². The minimum Gasteiger partial charge on any atom is -0.462 e. The lowest BCUT2D eigenvalue weighted by Gasteiger charge is -2.18. The van der Waals surface area contributed by atoms with Crippen molar-refractivity contribution in [3.05, 3.63) is 72.9 Å². The van der Waals surface area contributed by atoms with Crippen molar-refractivity contribution in [1.29, 1.82) is 0 Å². The molecular formula is C53H92O5. The highest BCUT2D eigenvalue weighted by atomic mass is 16.6. The van der Waals surface area contributed by atoms with Crippen LogP contribution < -0.4 is 0 Å². The average Bonchev–Trinajstić information content (AvgIpc) is 3.22. The van der Waals surface area contributed by atoms with Crippen LogP contribution in [0.1, 0.15) is 226 Å². The third-order valence-electron chi connectivity index (χ3n) is 10.2. The van der Waals surface area contributed by atoms with Gasteiger partial charge in [-0.05, 0) is 89.9 Å². The number of ether oxygens (including phenoxy) is 3. The lowest BCUT2D eigenvalue weighted by atomic mass is 10.1. The summed E-state index contributed by atoms with van der Waals surface area (Å²) in [5.41, 5.74) is 0. The number of allylic oxidation sites excluding steroid dienone is 12. The van der Waals surface area contributed by atoms with Crippen LogP contribution in [0.4, 0.5) is 0 Å². The van der Waals surface area contributed by atoms with Gasteiger partial charge in [-0.1, -0.05) is 196 Å². The average molecular weight is 809 g/mol. The molecule has 0 aliphatic rings. The summed E-state index contributed by atoms with van der Waals surface area (Å²) in [4.78, 5) is 25.1. The third-order valence-corrected chi connectivity index (χ3v) is 10.2. The number of hydrogen-bond donors (Lipinski definition) is 0. The molecule has 0 N–H and O–H groups in total. The van der Waals surface area contributed by atoms with Crippen LogP contribution in [0.5, 0.6) is 0 Å². The first-order chi connectivity index (χ1) is 28.6. The molecule has 0 amide bonds. The maximum absolute atomic E-state index is 12.6. The molecule has 58 heavy (non-hydrogen) atoms. The second-order valence-corrected chi connectivity index (χ2v) is 16.0. The lowest BCUT2D eigenvalue weighted by Crippen LogP contribution is -2.30. The van der Waals surface area contributed by atoms with Crippen molar-refractivity contribution in [2.75, 3.05) is 19.8 Å². The van der Waals surface area contributed by atoms with Crippen molar-refractivity contribution in [1.82, 2.24) is 0 Å². The fourth-order valence-corrected chi connectivity index (χ4v) is 6.59. The molecule has 0 fully saturated rings. The summed E-state index contributed by atoms with van der Waals surface area (Å²) in [6.45, 7) is 7.59. The zero-order valence-electron chi connectivity index (χ0n) is 38.3. The van der Waals surface area contributed by atoms with Gasteiger partial charge in [0.05, 0.1) is 6.61 Å². The highest BCUT2D eigenvalue weighted by Crippen LogP contribution is 2.13. The predicted molar refractivity (Wildman–Crippen MR) is 251 cm³/mol. The molecule has 334 valence electrons. The molecule has 0 saturated carbocycles. The minimum absolute atomic E-state index is 0.0692. The SMILES string of the molecule is CC/C=C\C/C=C\C/C=C\C/C=C\CCCCCCC(=O)OCC(COCCCCCCCCCCCC/C=C\C/C=C\CCCCC)OC(=O)CCCCCCC. The Morgan fingerprint density at radius 1 is 0.397 bits per heavy atom. The van der Waals surface area contributed by atoms with E-state index in [0.717, 1.165) is 96.3 Å². The fraction of sp³-hybridized carbons (Fsp3) is 0.736. The third kappa shape index (κ3) is 46.0. The van der Waals surface area contributed by atoms with Crippen LogP contribution >= 0.6 is 0 Å². The van der Waals surface area contributed by atoms with Crippen molar-refractivity contribution in [3.63, 3.8) is 0 Å². The van der Waals surface area contributed by atoms with Gasteiger partial charge in [0.1, 0.15) is 6.61 Å². The van der Waals surface area contributed by atoms with Crippen LogP contribution in [0.3, 0.4) is 0 Å². The summed E-state index contributed by atoms with van der Waals surface area (Å²) in [6, 6.07) is 0. The molecule has 5 nitrogen and oxygen atoms in total. The molecular weight excluding hydrogens is 717 g/mol. The van der Waals surface area contributed by atoms with E-state index in [1.165, 1.54) is 96.3 Å². The van der Waals surface area contributed by atoms with E-state index in [9.17, 15) is 9.59 Å². The molecule has 0 heterocycles. The van der Waals surface area contributed by atoms with E-state index in [1.54, 1.807) is 0 Å². The number of hydrogen-bond acceptors (Lipinski definition) is 5. The summed E-state index contributed by atoms with van der Waals surface area (Å²) in [5.74, 6) is -0.439. The Hall–Kier alpha value is -2.66. The summed E-state index contributed by atoms with van der Waals surface area (Å²) in [7, 11) is 0. The summed E-state index contributed by atoms with van der Waals surface area (Å²) >= 11 is 0. The highest BCUT2D eigenvalue weighted by Gasteiger charge is 2.17. The number of carbonyl (C=O) groups excluding carboxylic acids is 2. The molecule has 0 aromatic heterocycles. The number of carbonyl (C=O) groups is 2. The molecule has 0 aliphatic heterocycles. The maximum Gasteiger partial charge on any atom is 0.306 e. The van der Waals surface area contributed by atoms with Gasteiger partial charge in [-0.3, -0.25) is 9.59 Å². The number of esters is 2. The zero-order valence-corrected chi connectivity index (χ0v) is 38.3. The van der Waals surface area contributed by atoms with Gasteiger partial charge in [-0.2, -0.15) is 0 Å². The van der Waals surface area contributed by atoms with Crippen molar-refractivity contribution >= 4 is 11.9 Å². The number of unbranched alkanes of at least 4 members (excludes halogenated alkanes) is 21. The topological polar surface area (TPSA) is 61.8 Å². The van der Waals surface area contributed by atoms with Crippen molar-refractivity contribution < 1.29 is 23.8 Å². The van der Waals surface area contributed by atoms with Gasteiger partial charge < -0.3 is 14.2 Å². The molecule has 1 unspecified atom stereocenters. The maximum atomic E-state index is 12.6. The molecule has 0 aromatic rings. The molecule has 0 rings (SSSR count). The van der Waals surface area contributed by atoms with E-state index in [-0.39, 0.29) is 25.2 Å². The Morgan fingerprint density at radius 3 is 1.28 bits per heavy atom. The molecule has 0 bridgehead atoms. The van der Waals surface area contributed by atoms with Gasteiger partial charge in [0, 0.05) is 19.4 Å². The van der Waals surface area contributed by atoms with E-state index >= 15 is 0 Å². The monoisotopic (exact) mass is 809 g/mol. The minimum atomic E-state index is -0.545. The Kier molecular flexibility index (Phi) is 46.5. The fourth-order valence-electron chi connectivity index (χ4n) is 6.59. The van der Waals surface area contributed by atoms with E-state index in [1.807, 2.05) is 0 Å². The quantitative estimate of drug-likeness (QED) is 0.0348. The molecule has 1 atom stereocenters. The Morgan fingerprint density at radius 2 is 0.776 bits per heavy atom. The van der Waals surface area contributed by atoms with Crippen LogP contribution in [0.2, 0.25) is 0 Å². The molecule has 0 aromatic carbocycles. The van der Waals surface area contributed by atoms with Crippen molar-refractivity contribution in [2.45, 2.75) is 232 Å². The van der Waals surface area contributed by atoms with Gasteiger partial charge in [0.25, 0.3) is 0 Å². The highest BCUT2D eigenvalue weighted by molar-refractivity contribution is 5.70. The normalized spacial score (nSPS) is 12.8. The van der Waals surface area contributed by atoms with E-state index in [2.05, 4.69) is 93.7 Å². The first kappa shape index (κ1) is 55.3.